The van der Waals surface area contributed by atoms with Crippen molar-refractivity contribution in [2.45, 2.75) is 59.1 Å². The molecule has 4 heteroatoms. The lowest BCUT2D eigenvalue weighted by molar-refractivity contribution is 0.0172. The van der Waals surface area contributed by atoms with Gasteiger partial charge in [-0.1, -0.05) is 6.92 Å². The molecule has 0 aromatic rings. The SMILES string of the molecule is CCN[C@H](C)C1CCN(C(=O)OC(C)(C)C)CC1. The fourth-order valence-corrected chi connectivity index (χ4v) is 2.40. The molecular weight excluding hydrogens is 228 g/mol. The van der Waals surface area contributed by atoms with E-state index in [-0.39, 0.29) is 6.09 Å². The Kier molecular flexibility index (Phi) is 5.45. The third-order valence-corrected chi connectivity index (χ3v) is 3.42. The second kappa shape index (κ2) is 6.41. The number of piperidine rings is 1. The number of rotatable bonds is 3. The van der Waals surface area contributed by atoms with Crippen LogP contribution in [0.25, 0.3) is 0 Å². The first-order valence-electron chi connectivity index (χ1n) is 7.04. The molecule has 1 saturated heterocycles. The van der Waals surface area contributed by atoms with Gasteiger partial charge in [0.05, 0.1) is 0 Å². The lowest BCUT2D eigenvalue weighted by atomic mass is 9.90. The molecule has 0 aliphatic carbocycles. The number of hydrogen-bond acceptors (Lipinski definition) is 3. The van der Waals surface area contributed by atoms with E-state index >= 15 is 0 Å². The van der Waals surface area contributed by atoms with E-state index in [4.69, 9.17) is 4.74 Å². The lowest BCUT2D eigenvalue weighted by Gasteiger charge is -2.35. The molecule has 0 bridgehead atoms. The summed E-state index contributed by atoms with van der Waals surface area (Å²) in [5, 5.41) is 3.46. The molecule has 1 fully saturated rings. The molecular formula is C14H28N2O2. The number of carbonyl (C=O) groups is 1. The molecule has 1 aliphatic heterocycles. The Balaban J connectivity index is 2.37. The summed E-state index contributed by atoms with van der Waals surface area (Å²) >= 11 is 0. The van der Waals surface area contributed by atoms with Crippen LogP contribution in [0.4, 0.5) is 4.79 Å². The zero-order chi connectivity index (χ0) is 13.8. The van der Waals surface area contributed by atoms with E-state index < -0.39 is 5.60 Å². The Morgan fingerprint density at radius 3 is 2.39 bits per heavy atom. The third kappa shape index (κ3) is 4.84. The molecule has 1 rings (SSSR count). The van der Waals surface area contributed by atoms with Crippen molar-refractivity contribution in [1.82, 2.24) is 10.2 Å². The lowest BCUT2D eigenvalue weighted by Crippen LogP contribution is -2.45. The summed E-state index contributed by atoms with van der Waals surface area (Å²) in [4.78, 5) is 13.7. The van der Waals surface area contributed by atoms with E-state index in [0.717, 1.165) is 32.5 Å². The van der Waals surface area contributed by atoms with Crippen LogP contribution in [0.15, 0.2) is 0 Å². The summed E-state index contributed by atoms with van der Waals surface area (Å²) in [7, 11) is 0. The predicted octanol–water partition coefficient (Wildman–Crippen LogP) is 2.63. The minimum atomic E-state index is -0.398. The Morgan fingerprint density at radius 2 is 1.94 bits per heavy atom. The molecule has 18 heavy (non-hydrogen) atoms. The second-order valence-electron chi connectivity index (χ2n) is 6.15. The Labute approximate surface area is 111 Å². The maximum atomic E-state index is 11.9. The zero-order valence-electron chi connectivity index (χ0n) is 12.5. The Bertz CT molecular complexity index is 265. The normalized spacial score (nSPS) is 19.7. The van der Waals surface area contributed by atoms with Crippen molar-refractivity contribution in [3.05, 3.63) is 0 Å². The minimum absolute atomic E-state index is 0.169. The maximum absolute atomic E-state index is 11.9. The van der Waals surface area contributed by atoms with Crippen LogP contribution in [-0.2, 0) is 4.74 Å². The van der Waals surface area contributed by atoms with E-state index in [0.29, 0.717) is 12.0 Å². The molecule has 1 heterocycles. The smallest absolute Gasteiger partial charge is 0.410 e. The van der Waals surface area contributed by atoms with E-state index in [9.17, 15) is 4.79 Å². The minimum Gasteiger partial charge on any atom is -0.444 e. The molecule has 0 spiro atoms. The number of ether oxygens (including phenoxy) is 1. The van der Waals surface area contributed by atoms with Gasteiger partial charge in [0.1, 0.15) is 5.60 Å². The van der Waals surface area contributed by atoms with Crippen molar-refractivity contribution in [2.75, 3.05) is 19.6 Å². The van der Waals surface area contributed by atoms with Crippen LogP contribution >= 0.6 is 0 Å². The van der Waals surface area contributed by atoms with E-state index in [1.54, 1.807) is 0 Å². The van der Waals surface area contributed by atoms with Crippen molar-refractivity contribution in [3.8, 4) is 0 Å². The first-order valence-corrected chi connectivity index (χ1v) is 7.04. The molecule has 1 atom stereocenters. The van der Waals surface area contributed by atoms with Gasteiger partial charge in [0, 0.05) is 19.1 Å². The van der Waals surface area contributed by atoms with Crippen LogP contribution in [0.5, 0.6) is 0 Å². The third-order valence-electron chi connectivity index (χ3n) is 3.42. The number of nitrogens with zero attached hydrogens (tertiary/aromatic N) is 1. The molecule has 0 saturated carbocycles. The standard InChI is InChI=1S/C14H28N2O2/c1-6-15-11(2)12-7-9-16(10-8-12)13(17)18-14(3,4)5/h11-12,15H,6-10H2,1-5H3/t11-/m1/s1. The molecule has 0 aromatic heterocycles. The van der Waals surface area contributed by atoms with Crippen LogP contribution in [0.1, 0.15) is 47.5 Å². The van der Waals surface area contributed by atoms with Gasteiger partial charge in [-0.15, -0.1) is 0 Å². The van der Waals surface area contributed by atoms with E-state index in [1.165, 1.54) is 0 Å². The van der Waals surface area contributed by atoms with Crippen molar-refractivity contribution < 1.29 is 9.53 Å². The van der Waals surface area contributed by atoms with Crippen LogP contribution in [-0.4, -0.2) is 42.3 Å². The fraction of sp³-hybridized carbons (Fsp3) is 0.929. The highest BCUT2D eigenvalue weighted by atomic mass is 16.6. The van der Waals surface area contributed by atoms with Crippen molar-refractivity contribution >= 4 is 6.09 Å². The zero-order valence-corrected chi connectivity index (χ0v) is 12.5. The van der Waals surface area contributed by atoms with E-state index in [1.807, 2.05) is 25.7 Å². The number of nitrogens with one attached hydrogen (secondary N) is 1. The average molecular weight is 256 g/mol. The first-order chi connectivity index (χ1) is 8.33. The fourth-order valence-electron chi connectivity index (χ4n) is 2.40. The maximum Gasteiger partial charge on any atom is 0.410 e. The van der Waals surface area contributed by atoms with Crippen LogP contribution in [0, 0.1) is 5.92 Å². The van der Waals surface area contributed by atoms with Crippen molar-refractivity contribution in [3.63, 3.8) is 0 Å². The number of amides is 1. The van der Waals surface area contributed by atoms with Gasteiger partial charge in [-0.3, -0.25) is 0 Å². The summed E-state index contributed by atoms with van der Waals surface area (Å²) in [5.41, 5.74) is -0.398. The van der Waals surface area contributed by atoms with E-state index in [2.05, 4.69) is 19.2 Å². The number of carbonyl (C=O) groups excluding carboxylic acids is 1. The van der Waals surface area contributed by atoms with Gasteiger partial charge in [-0.05, 0) is 53.0 Å². The van der Waals surface area contributed by atoms with Gasteiger partial charge in [0.15, 0.2) is 0 Å². The van der Waals surface area contributed by atoms with Crippen molar-refractivity contribution in [2.24, 2.45) is 5.92 Å². The summed E-state index contributed by atoms with van der Waals surface area (Å²) in [6, 6.07) is 0.538. The molecule has 1 N–H and O–H groups in total. The van der Waals surface area contributed by atoms with Crippen LogP contribution in [0.3, 0.4) is 0 Å². The summed E-state index contributed by atoms with van der Waals surface area (Å²) in [5.74, 6) is 0.670. The summed E-state index contributed by atoms with van der Waals surface area (Å²) < 4.78 is 5.39. The molecule has 0 unspecified atom stereocenters. The average Bonchev–Trinajstić information content (AvgIpc) is 2.27. The monoisotopic (exact) mass is 256 g/mol. The quantitative estimate of drug-likeness (QED) is 0.844. The number of hydrogen-bond donors (Lipinski definition) is 1. The topological polar surface area (TPSA) is 41.6 Å². The largest absolute Gasteiger partial charge is 0.444 e. The molecule has 0 aromatic carbocycles. The highest BCUT2D eigenvalue weighted by Crippen LogP contribution is 2.22. The molecule has 4 nitrogen and oxygen atoms in total. The summed E-state index contributed by atoms with van der Waals surface area (Å²) in [6.07, 6.45) is 1.96. The predicted molar refractivity (Wildman–Crippen MR) is 73.7 cm³/mol. The molecule has 1 amide bonds. The first kappa shape index (κ1) is 15.3. The number of likely N-dealkylation sites (tertiary alicyclic amines) is 1. The van der Waals surface area contributed by atoms with Crippen LogP contribution in [0.2, 0.25) is 0 Å². The molecule has 106 valence electrons. The molecule has 1 aliphatic rings. The van der Waals surface area contributed by atoms with Gasteiger partial charge in [0.2, 0.25) is 0 Å². The highest BCUT2D eigenvalue weighted by molar-refractivity contribution is 5.68. The highest BCUT2D eigenvalue weighted by Gasteiger charge is 2.28. The van der Waals surface area contributed by atoms with Gasteiger partial charge in [-0.25, -0.2) is 4.79 Å². The van der Waals surface area contributed by atoms with Gasteiger partial charge < -0.3 is 15.0 Å². The van der Waals surface area contributed by atoms with Gasteiger partial charge >= 0.3 is 6.09 Å². The second-order valence-corrected chi connectivity index (χ2v) is 6.15. The van der Waals surface area contributed by atoms with Gasteiger partial charge in [-0.2, -0.15) is 0 Å². The Hall–Kier alpha value is -0.770. The Morgan fingerprint density at radius 1 is 1.39 bits per heavy atom. The van der Waals surface area contributed by atoms with Crippen molar-refractivity contribution in [1.29, 1.82) is 0 Å². The van der Waals surface area contributed by atoms with Crippen LogP contribution < -0.4 is 5.32 Å². The molecule has 0 radical (unpaired) electrons. The van der Waals surface area contributed by atoms with Gasteiger partial charge in [0.25, 0.3) is 0 Å². The summed E-state index contributed by atoms with van der Waals surface area (Å²) in [6.45, 7) is 12.7.